The zero-order valence-corrected chi connectivity index (χ0v) is 14.1. The van der Waals surface area contributed by atoms with Crippen LogP contribution in [0.3, 0.4) is 0 Å². The maximum atomic E-state index is 14.4. The van der Waals surface area contributed by atoms with Gasteiger partial charge in [0.2, 0.25) is 0 Å². The molecular weight excluding hydrogens is 312 g/mol. The Morgan fingerprint density at radius 3 is 2.71 bits per heavy atom. The van der Waals surface area contributed by atoms with Crippen LogP contribution in [0.1, 0.15) is 54.8 Å². The molecule has 0 amide bonds. The summed E-state index contributed by atoms with van der Waals surface area (Å²) in [6.45, 7) is 1.95. The van der Waals surface area contributed by atoms with Gasteiger partial charge in [-0.1, -0.05) is 19.4 Å². The molecule has 24 heavy (non-hydrogen) atoms. The standard InChI is InChI=1S/C17H25BFNO4/c1-3-15(20-2)13-9-12-11(8-14(13)19)7-10(16(12)17(21)22)5-4-6-18(23)24/h8-10,15-16,20,23-24H,3-7H2,1-2H3,(H,21,22)/t10-,15+,16-/m0/s1. The Morgan fingerprint density at radius 2 is 2.17 bits per heavy atom. The van der Waals surface area contributed by atoms with Gasteiger partial charge in [-0.15, -0.1) is 0 Å². The second-order valence-electron chi connectivity index (χ2n) is 6.51. The van der Waals surface area contributed by atoms with Crippen LogP contribution in [0.15, 0.2) is 12.1 Å². The molecule has 3 atom stereocenters. The molecule has 0 saturated heterocycles. The molecule has 0 heterocycles. The molecule has 0 bridgehead atoms. The maximum Gasteiger partial charge on any atom is 0.451 e. The van der Waals surface area contributed by atoms with Crippen molar-refractivity contribution in [3.05, 3.63) is 34.6 Å². The zero-order valence-electron chi connectivity index (χ0n) is 14.1. The molecule has 0 aliphatic heterocycles. The predicted molar refractivity (Wildman–Crippen MR) is 90.3 cm³/mol. The first-order chi connectivity index (χ1) is 11.4. The second-order valence-corrected chi connectivity index (χ2v) is 6.51. The fourth-order valence-electron chi connectivity index (χ4n) is 3.78. The van der Waals surface area contributed by atoms with Crippen LogP contribution in [0.2, 0.25) is 6.32 Å². The monoisotopic (exact) mass is 337 g/mol. The van der Waals surface area contributed by atoms with Crippen molar-refractivity contribution >= 4 is 13.1 Å². The molecule has 0 fully saturated rings. The third-order valence-electron chi connectivity index (χ3n) is 4.98. The highest BCUT2D eigenvalue weighted by Crippen LogP contribution is 2.42. The van der Waals surface area contributed by atoms with Gasteiger partial charge in [0.1, 0.15) is 5.82 Å². The number of hydrogen-bond donors (Lipinski definition) is 4. The van der Waals surface area contributed by atoms with Gasteiger partial charge in [-0.05, 0) is 55.7 Å². The van der Waals surface area contributed by atoms with E-state index < -0.39 is 19.0 Å². The normalized spacial score (nSPS) is 20.7. The summed E-state index contributed by atoms with van der Waals surface area (Å²) in [5.74, 6) is -2.01. The van der Waals surface area contributed by atoms with Gasteiger partial charge >= 0.3 is 13.1 Å². The predicted octanol–water partition coefficient (Wildman–Crippen LogP) is 2.09. The van der Waals surface area contributed by atoms with E-state index in [4.69, 9.17) is 10.0 Å². The molecule has 0 aromatic heterocycles. The van der Waals surface area contributed by atoms with E-state index in [-0.39, 0.29) is 24.1 Å². The van der Waals surface area contributed by atoms with Crippen molar-refractivity contribution in [3.8, 4) is 0 Å². The lowest BCUT2D eigenvalue weighted by molar-refractivity contribution is -0.139. The first kappa shape index (κ1) is 18.9. The summed E-state index contributed by atoms with van der Waals surface area (Å²) >= 11 is 0. The molecule has 132 valence electrons. The van der Waals surface area contributed by atoms with Gasteiger partial charge in [-0.3, -0.25) is 4.79 Å². The van der Waals surface area contributed by atoms with Crippen molar-refractivity contribution < 1.29 is 24.3 Å². The van der Waals surface area contributed by atoms with E-state index in [1.165, 1.54) is 6.07 Å². The number of carboxylic acid groups (broad SMARTS) is 1. The van der Waals surface area contributed by atoms with Crippen LogP contribution < -0.4 is 5.32 Å². The maximum absolute atomic E-state index is 14.4. The smallest absolute Gasteiger partial charge is 0.451 e. The molecule has 0 radical (unpaired) electrons. The highest BCUT2D eigenvalue weighted by atomic mass is 19.1. The summed E-state index contributed by atoms with van der Waals surface area (Å²) in [7, 11) is 0.389. The summed E-state index contributed by atoms with van der Waals surface area (Å²) in [5.41, 5.74) is 1.96. The number of carboxylic acids is 1. The van der Waals surface area contributed by atoms with Gasteiger partial charge in [0.05, 0.1) is 5.92 Å². The van der Waals surface area contributed by atoms with E-state index in [2.05, 4.69) is 5.32 Å². The average molecular weight is 337 g/mol. The van der Waals surface area contributed by atoms with Crippen LogP contribution in [-0.2, 0) is 11.2 Å². The second kappa shape index (κ2) is 8.10. The van der Waals surface area contributed by atoms with E-state index in [0.717, 1.165) is 5.56 Å². The Balaban J connectivity index is 2.29. The van der Waals surface area contributed by atoms with E-state index in [1.54, 1.807) is 13.1 Å². The fraction of sp³-hybridized carbons (Fsp3) is 0.588. The first-order valence-corrected chi connectivity index (χ1v) is 8.47. The molecule has 1 aliphatic carbocycles. The number of rotatable bonds is 8. The van der Waals surface area contributed by atoms with Crippen LogP contribution in [0, 0.1) is 11.7 Å². The van der Waals surface area contributed by atoms with Crippen LogP contribution in [-0.4, -0.2) is 35.3 Å². The van der Waals surface area contributed by atoms with Crippen LogP contribution in [0.25, 0.3) is 0 Å². The topological polar surface area (TPSA) is 89.8 Å². The minimum Gasteiger partial charge on any atom is -0.481 e. The highest BCUT2D eigenvalue weighted by molar-refractivity contribution is 6.40. The van der Waals surface area contributed by atoms with E-state index in [0.29, 0.717) is 36.8 Å². The number of aliphatic carboxylic acids is 1. The van der Waals surface area contributed by atoms with Gasteiger partial charge in [-0.25, -0.2) is 4.39 Å². The highest BCUT2D eigenvalue weighted by Gasteiger charge is 2.38. The van der Waals surface area contributed by atoms with Crippen molar-refractivity contribution in [1.82, 2.24) is 5.32 Å². The summed E-state index contributed by atoms with van der Waals surface area (Å²) in [6.07, 6.45) is 2.55. The molecule has 0 saturated carbocycles. The Morgan fingerprint density at radius 1 is 1.46 bits per heavy atom. The molecule has 1 aromatic carbocycles. The number of nitrogens with one attached hydrogen (secondary N) is 1. The lowest BCUT2D eigenvalue weighted by Crippen LogP contribution is -2.20. The Labute approximate surface area is 142 Å². The fourth-order valence-corrected chi connectivity index (χ4v) is 3.78. The van der Waals surface area contributed by atoms with Crippen molar-refractivity contribution in [1.29, 1.82) is 0 Å². The molecule has 5 nitrogen and oxygen atoms in total. The van der Waals surface area contributed by atoms with Gasteiger partial charge in [0.15, 0.2) is 0 Å². The number of hydrogen-bond acceptors (Lipinski definition) is 4. The molecule has 2 rings (SSSR count). The zero-order chi connectivity index (χ0) is 17.9. The summed E-state index contributed by atoms with van der Waals surface area (Å²) in [4.78, 5) is 11.8. The van der Waals surface area contributed by atoms with Crippen molar-refractivity contribution in [2.24, 2.45) is 5.92 Å². The van der Waals surface area contributed by atoms with Crippen LogP contribution in [0.5, 0.6) is 0 Å². The van der Waals surface area contributed by atoms with E-state index in [1.807, 2.05) is 6.92 Å². The molecule has 1 aliphatic rings. The average Bonchev–Trinajstić information content (AvgIpc) is 2.85. The van der Waals surface area contributed by atoms with Crippen molar-refractivity contribution in [2.75, 3.05) is 7.05 Å². The quantitative estimate of drug-likeness (QED) is 0.546. The number of benzene rings is 1. The molecule has 0 unspecified atom stereocenters. The van der Waals surface area contributed by atoms with E-state index >= 15 is 0 Å². The van der Waals surface area contributed by atoms with Gasteiger partial charge in [0, 0.05) is 11.6 Å². The molecule has 1 aromatic rings. The molecule has 4 N–H and O–H groups in total. The lowest BCUT2D eigenvalue weighted by atomic mass is 9.80. The third kappa shape index (κ3) is 3.96. The van der Waals surface area contributed by atoms with Gasteiger partial charge in [-0.2, -0.15) is 0 Å². The Hall–Kier alpha value is -1.44. The summed E-state index contributed by atoms with van der Waals surface area (Å²) in [6, 6.07) is 3.03. The van der Waals surface area contributed by atoms with Gasteiger partial charge in [0.25, 0.3) is 0 Å². The van der Waals surface area contributed by atoms with Crippen LogP contribution >= 0.6 is 0 Å². The van der Waals surface area contributed by atoms with Crippen molar-refractivity contribution in [3.63, 3.8) is 0 Å². The number of halogens is 1. The summed E-state index contributed by atoms with van der Waals surface area (Å²) in [5, 5.41) is 30.6. The minimum absolute atomic E-state index is 0.138. The first-order valence-electron chi connectivity index (χ1n) is 8.47. The largest absolute Gasteiger partial charge is 0.481 e. The Kier molecular flexibility index (Phi) is 6.37. The van der Waals surface area contributed by atoms with E-state index in [9.17, 15) is 14.3 Å². The summed E-state index contributed by atoms with van der Waals surface area (Å²) < 4.78 is 14.4. The lowest BCUT2D eigenvalue weighted by Gasteiger charge is -2.19. The molecule has 7 heteroatoms. The van der Waals surface area contributed by atoms with Crippen molar-refractivity contribution in [2.45, 2.75) is 50.9 Å². The number of fused-ring (bicyclic) bond motifs is 1. The molecule has 0 spiro atoms. The van der Waals surface area contributed by atoms with Gasteiger partial charge < -0.3 is 20.5 Å². The van der Waals surface area contributed by atoms with Crippen LogP contribution in [0.4, 0.5) is 4.39 Å². The number of carbonyl (C=O) groups is 1. The Bertz CT molecular complexity index is 592. The SMILES string of the molecule is CC[C@@H](NC)c1cc2c(cc1F)C[C@H](CCCB(O)O)[C@@H]2C(=O)O. The third-order valence-corrected chi connectivity index (χ3v) is 4.98. The minimum atomic E-state index is -1.37. The molecular formula is C17H25BFNO4.